The van der Waals surface area contributed by atoms with Gasteiger partial charge in [-0.2, -0.15) is 0 Å². The molecule has 4 heterocycles. The number of anilines is 2. The first kappa shape index (κ1) is 13.0. The van der Waals surface area contributed by atoms with Gasteiger partial charge in [0, 0.05) is 22.4 Å². The molecule has 0 radical (unpaired) electrons. The summed E-state index contributed by atoms with van der Waals surface area (Å²) in [6.45, 7) is 3.82. The van der Waals surface area contributed by atoms with Crippen molar-refractivity contribution in [2.45, 2.75) is 28.7 Å². The molecule has 0 spiro atoms. The number of benzene rings is 2. The van der Waals surface area contributed by atoms with Gasteiger partial charge in [-0.05, 0) is 56.1 Å². The van der Waals surface area contributed by atoms with Gasteiger partial charge in [0.2, 0.25) is 0 Å². The molecule has 22 heavy (non-hydrogen) atoms. The van der Waals surface area contributed by atoms with E-state index in [2.05, 4.69) is 58.3 Å². The van der Waals surface area contributed by atoms with Crippen LogP contribution >= 0.6 is 11.8 Å². The van der Waals surface area contributed by atoms with Gasteiger partial charge in [0.15, 0.2) is 0 Å². The molecular formula is C19H20N2S. The molecule has 4 aliphatic rings. The minimum Gasteiger partial charge on any atom is -0.335 e. The molecule has 2 aromatic rings. The van der Waals surface area contributed by atoms with Crippen LogP contribution in [0.3, 0.4) is 0 Å². The topological polar surface area (TPSA) is 6.48 Å². The van der Waals surface area contributed by atoms with Crippen LogP contribution < -0.4 is 4.90 Å². The van der Waals surface area contributed by atoms with Crippen molar-refractivity contribution in [3.63, 3.8) is 0 Å². The summed E-state index contributed by atoms with van der Waals surface area (Å²) in [6.07, 6.45) is 2.72. The van der Waals surface area contributed by atoms with Crippen LogP contribution in [-0.4, -0.2) is 30.6 Å². The zero-order valence-electron chi connectivity index (χ0n) is 12.6. The predicted molar refractivity (Wildman–Crippen MR) is 92.1 cm³/mol. The fourth-order valence-electron chi connectivity index (χ4n) is 4.32. The predicted octanol–water partition coefficient (Wildman–Crippen LogP) is 4.38. The van der Waals surface area contributed by atoms with Crippen molar-refractivity contribution in [2.75, 3.05) is 24.5 Å². The molecule has 3 fully saturated rings. The van der Waals surface area contributed by atoms with Gasteiger partial charge < -0.3 is 9.80 Å². The Morgan fingerprint density at radius 1 is 0.818 bits per heavy atom. The molecule has 0 amide bonds. The largest absolute Gasteiger partial charge is 0.335 e. The molecule has 0 N–H and O–H groups in total. The Morgan fingerprint density at radius 3 is 1.95 bits per heavy atom. The normalized spacial score (nSPS) is 29.1. The van der Waals surface area contributed by atoms with Crippen LogP contribution in [0.4, 0.5) is 11.4 Å². The van der Waals surface area contributed by atoms with Gasteiger partial charge in [-0.15, -0.1) is 0 Å². The van der Waals surface area contributed by atoms with E-state index >= 15 is 0 Å². The summed E-state index contributed by atoms with van der Waals surface area (Å²) < 4.78 is 0. The number of piperidine rings is 3. The zero-order chi connectivity index (χ0) is 14.5. The smallest absolute Gasteiger partial charge is 0.0556 e. The first-order valence-corrected chi connectivity index (χ1v) is 9.09. The van der Waals surface area contributed by atoms with Crippen molar-refractivity contribution in [2.24, 2.45) is 5.92 Å². The second-order valence-corrected chi connectivity index (χ2v) is 7.70. The van der Waals surface area contributed by atoms with E-state index in [1.54, 1.807) is 0 Å². The highest BCUT2D eigenvalue weighted by molar-refractivity contribution is 7.99. The van der Waals surface area contributed by atoms with E-state index < -0.39 is 0 Å². The van der Waals surface area contributed by atoms with Crippen molar-refractivity contribution in [3.05, 3.63) is 48.5 Å². The van der Waals surface area contributed by atoms with Crippen LogP contribution in [0.15, 0.2) is 58.3 Å². The Morgan fingerprint density at radius 2 is 1.41 bits per heavy atom. The second-order valence-electron chi connectivity index (χ2n) is 6.61. The quantitative estimate of drug-likeness (QED) is 0.772. The Hall–Kier alpha value is -1.45. The molecule has 112 valence electrons. The summed E-state index contributed by atoms with van der Waals surface area (Å²) in [5.74, 6) is 0.842. The van der Waals surface area contributed by atoms with Gasteiger partial charge in [-0.1, -0.05) is 36.0 Å². The van der Waals surface area contributed by atoms with Gasteiger partial charge in [0.25, 0.3) is 0 Å². The SMILES string of the molecule is c1ccc2c(c1)Sc1ccccc1N2C1CN2CCC1CC2. The highest BCUT2D eigenvalue weighted by Gasteiger charge is 2.40. The van der Waals surface area contributed by atoms with Crippen LogP contribution in [0.25, 0.3) is 0 Å². The summed E-state index contributed by atoms with van der Waals surface area (Å²) >= 11 is 1.92. The monoisotopic (exact) mass is 308 g/mol. The third-order valence-corrected chi connectivity index (χ3v) is 6.55. The minimum absolute atomic E-state index is 0.630. The Kier molecular flexibility index (Phi) is 2.98. The highest BCUT2D eigenvalue weighted by atomic mass is 32.2. The summed E-state index contributed by atoms with van der Waals surface area (Å²) in [4.78, 5) is 8.10. The van der Waals surface area contributed by atoms with E-state index in [0.29, 0.717) is 6.04 Å². The van der Waals surface area contributed by atoms with E-state index in [9.17, 15) is 0 Å². The van der Waals surface area contributed by atoms with Crippen molar-refractivity contribution < 1.29 is 0 Å². The number of nitrogens with zero attached hydrogens (tertiary/aromatic N) is 2. The number of hydrogen-bond acceptors (Lipinski definition) is 3. The lowest BCUT2D eigenvalue weighted by Gasteiger charge is -2.51. The Bertz CT molecular complexity index is 661. The molecule has 0 aromatic heterocycles. The number of hydrogen-bond donors (Lipinski definition) is 0. The van der Waals surface area contributed by atoms with E-state index in [-0.39, 0.29) is 0 Å². The van der Waals surface area contributed by atoms with Crippen molar-refractivity contribution in [1.29, 1.82) is 0 Å². The maximum Gasteiger partial charge on any atom is 0.0556 e. The van der Waals surface area contributed by atoms with Crippen molar-refractivity contribution in [3.8, 4) is 0 Å². The molecule has 0 aliphatic carbocycles. The molecule has 2 bridgehead atoms. The van der Waals surface area contributed by atoms with Gasteiger partial charge >= 0.3 is 0 Å². The van der Waals surface area contributed by atoms with Gasteiger partial charge in [0.1, 0.15) is 0 Å². The molecule has 3 saturated heterocycles. The van der Waals surface area contributed by atoms with Crippen LogP contribution in [0, 0.1) is 5.92 Å². The van der Waals surface area contributed by atoms with Crippen LogP contribution in [-0.2, 0) is 0 Å². The number of para-hydroxylation sites is 2. The van der Waals surface area contributed by atoms with E-state index in [4.69, 9.17) is 0 Å². The summed E-state index contributed by atoms with van der Waals surface area (Å²) in [6, 6.07) is 18.5. The van der Waals surface area contributed by atoms with Gasteiger partial charge in [-0.25, -0.2) is 0 Å². The van der Waals surface area contributed by atoms with Crippen LogP contribution in [0.5, 0.6) is 0 Å². The highest BCUT2D eigenvalue weighted by Crippen LogP contribution is 2.50. The molecular weight excluding hydrogens is 288 g/mol. The fraction of sp³-hybridized carbons (Fsp3) is 0.368. The summed E-state index contributed by atoms with van der Waals surface area (Å²) in [7, 11) is 0. The van der Waals surface area contributed by atoms with E-state index in [0.717, 1.165) is 5.92 Å². The molecule has 3 heteroatoms. The molecule has 2 nitrogen and oxygen atoms in total. The van der Waals surface area contributed by atoms with Crippen LogP contribution in [0.2, 0.25) is 0 Å². The minimum atomic E-state index is 0.630. The number of fused-ring (bicyclic) bond motifs is 5. The number of rotatable bonds is 1. The van der Waals surface area contributed by atoms with Gasteiger partial charge in [0.05, 0.1) is 11.4 Å². The maximum atomic E-state index is 2.65. The molecule has 6 rings (SSSR count). The lowest BCUT2D eigenvalue weighted by Crippen LogP contribution is -2.56. The molecule has 2 aromatic carbocycles. The van der Waals surface area contributed by atoms with E-state index in [1.165, 1.54) is 53.6 Å². The first-order chi connectivity index (χ1) is 10.9. The molecule has 0 saturated carbocycles. The summed E-state index contributed by atoms with van der Waals surface area (Å²) in [5.41, 5.74) is 2.81. The third-order valence-electron chi connectivity index (χ3n) is 5.42. The second kappa shape index (κ2) is 5.04. The lowest BCUT2D eigenvalue weighted by molar-refractivity contribution is 0.0891. The molecule has 1 atom stereocenters. The summed E-state index contributed by atoms with van der Waals surface area (Å²) in [5, 5.41) is 0. The third kappa shape index (κ3) is 1.92. The van der Waals surface area contributed by atoms with E-state index in [1.807, 2.05) is 11.8 Å². The van der Waals surface area contributed by atoms with Crippen molar-refractivity contribution in [1.82, 2.24) is 4.90 Å². The molecule has 1 unspecified atom stereocenters. The Labute approximate surface area is 136 Å². The van der Waals surface area contributed by atoms with Gasteiger partial charge in [-0.3, -0.25) is 0 Å². The van der Waals surface area contributed by atoms with Crippen molar-refractivity contribution >= 4 is 23.1 Å². The standard InChI is InChI=1S/C19H20N2S/c1-3-7-18-15(5-1)21(16-6-2-4-8-19(16)22-18)17-13-20-11-9-14(17)10-12-20/h1-8,14,17H,9-13H2. The first-order valence-electron chi connectivity index (χ1n) is 8.28. The fourth-order valence-corrected chi connectivity index (χ4v) is 5.39. The average molecular weight is 308 g/mol. The molecule has 4 aliphatic heterocycles. The lowest BCUT2D eigenvalue weighted by atomic mass is 9.82. The maximum absolute atomic E-state index is 2.65. The average Bonchev–Trinajstić information content (AvgIpc) is 2.60. The zero-order valence-corrected chi connectivity index (χ0v) is 13.4. The Balaban J connectivity index is 1.65. The van der Waals surface area contributed by atoms with Crippen LogP contribution in [0.1, 0.15) is 12.8 Å².